The molecule has 1 N–H and O–H groups in total. The van der Waals surface area contributed by atoms with Crippen LogP contribution in [0.1, 0.15) is 23.4 Å². The predicted molar refractivity (Wildman–Crippen MR) is 148 cm³/mol. The summed E-state index contributed by atoms with van der Waals surface area (Å²) >= 11 is 1.35. The lowest BCUT2D eigenvalue weighted by Crippen LogP contribution is -2.36. The first-order valence-corrected chi connectivity index (χ1v) is 13.5. The molecule has 2 amide bonds. The smallest absolute Gasteiger partial charge is 0.258 e. The molecule has 2 heterocycles. The van der Waals surface area contributed by atoms with Crippen LogP contribution in [0.2, 0.25) is 0 Å². The maximum Gasteiger partial charge on any atom is 0.258 e. The molecule has 8 nitrogen and oxygen atoms in total. The van der Waals surface area contributed by atoms with E-state index in [1.54, 1.807) is 12.1 Å². The summed E-state index contributed by atoms with van der Waals surface area (Å²) in [4.78, 5) is 27.5. The van der Waals surface area contributed by atoms with E-state index < -0.39 is 0 Å². The van der Waals surface area contributed by atoms with Crippen LogP contribution in [0.5, 0.6) is 5.75 Å². The van der Waals surface area contributed by atoms with Crippen LogP contribution in [0.25, 0.3) is 5.69 Å². The fourth-order valence-corrected chi connectivity index (χ4v) is 5.27. The Morgan fingerprint density at radius 2 is 1.82 bits per heavy atom. The number of carbonyl (C=O) groups is 2. The number of hydrogen-bond donors (Lipinski definition) is 1. The van der Waals surface area contributed by atoms with Crippen molar-refractivity contribution >= 4 is 29.3 Å². The predicted octanol–water partition coefficient (Wildman–Crippen LogP) is 4.34. The number of rotatable bonds is 9. The van der Waals surface area contributed by atoms with E-state index in [4.69, 9.17) is 4.74 Å². The van der Waals surface area contributed by atoms with Crippen molar-refractivity contribution in [3.8, 4) is 11.4 Å². The average Bonchev–Trinajstić information content (AvgIpc) is 3.36. The van der Waals surface area contributed by atoms with Gasteiger partial charge in [-0.15, -0.1) is 10.2 Å². The van der Waals surface area contributed by atoms with Gasteiger partial charge in [0.25, 0.3) is 5.91 Å². The minimum Gasteiger partial charge on any atom is -0.484 e. The van der Waals surface area contributed by atoms with E-state index in [2.05, 4.69) is 21.6 Å². The second kappa shape index (κ2) is 12.0. The maximum atomic E-state index is 13.2. The molecule has 194 valence electrons. The molecule has 9 heteroatoms. The number of nitrogens with one attached hydrogen (secondary N) is 1. The molecule has 1 aromatic heterocycles. The zero-order valence-electron chi connectivity index (χ0n) is 21.2. The quantitative estimate of drug-likeness (QED) is 0.326. The van der Waals surface area contributed by atoms with Crippen molar-refractivity contribution in [2.45, 2.75) is 31.5 Å². The molecule has 5 rings (SSSR count). The number of carbonyl (C=O) groups excluding carboxylic acids is 2. The molecule has 0 saturated heterocycles. The third-order valence-electron chi connectivity index (χ3n) is 6.25. The first kappa shape index (κ1) is 25.5. The number of ether oxygens (including phenoxy) is 1. The van der Waals surface area contributed by atoms with Gasteiger partial charge in [-0.2, -0.15) is 0 Å². The van der Waals surface area contributed by atoms with Gasteiger partial charge in [-0.3, -0.25) is 14.2 Å². The summed E-state index contributed by atoms with van der Waals surface area (Å²) in [5.74, 6) is 1.21. The Morgan fingerprint density at radius 3 is 2.66 bits per heavy atom. The highest BCUT2D eigenvalue weighted by molar-refractivity contribution is 7.99. The van der Waals surface area contributed by atoms with E-state index in [1.165, 1.54) is 17.3 Å². The van der Waals surface area contributed by atoms with Gasteiger partial charge in [-0.25, -0.2) is 0 Å². The van der Waals surface area contributed by atoms with Crippen molar-refractivity contribution < 1.29 is 14.3 Å². The van der Waals surface area contributed by atoms with Crippen LogP contribution < -0.4 is 15.0 Å². The zero-order chi connectivity index (χ0) is 26.3. The van der Waals surface area contributed by atoms with Gasteiger partial charge in [-0.1, -0.05) is 60.3 Å². The van der Waals surface area contributed by atoms with Crippen molar-refractivity contribution in [3.63, 3.8) is 0 Å². The second-order valence-corrected chi connectivity index (χ2v) is 9.96. The number of amides is 2. The molecule has 1 aliphatic rings. The number of aromatic nitrogens is 3. The fraction of sp³-hybridized carbons (Fsp3) is 0.241. The Balaban J connectivity index is 1.29. The summed E-state index contributed by atoms with van der Waals surface area (Å²) in [6.45, 7) is 2.80. The highest BCUT2D eigenvalue weighted by Crippen LogP contribution is 2.29. The van der Waals surface area contributed by atoms with Crippen molar-refractivity contribution in [1.29, 1.82) is 0 Å². The summed E-state index contributed by atoms with van der Waals surface area (Å²) in [5.41, 5.74) is 4.15. The molecule has 0 unspecified atom stereocenters. The van der Waals surface area contributed by atoms with E-state index >= 15 is 0 Å². The normalized spacial score (nSPS) is 12.6. The third-order valence-corrected chi connectivity index (χ3v) is 7.17. The summed E-state index contributed by atoms with van der Waals surface area (Å²) in [7, 11) is 0. The van der Waals surface area contributed by atoms with Gasteiger partial charge in [0.1, 0.15) is 5.75 Å². The fourth-order valence-electron chi connectivity index (χ4n) is 4.43. The number of hydrogen-bond acceptors (Lipinski definition) is 6. The summed E-state index contributed by atoms with van der Waals surface area (Å²) in [6.07, 6.45) is 1.94. The van der Waals surface area contributed by atoms with Crippen LogP contribution in [0.15, 0.2) is 84.0 Å². The minimum absolute atomic E-state index is 0.0360. The zero-order valence-corrected chi connectivity index (χ0v) is 22.0. The Hall–Kier alpha value is -4.11. The molecular formula is C29H29N5O3S. The average molecular weight is 528 g/mol. The number of fused-ring (bicyclic) bond motifs is 1. The molecule has 0 radical (unpaired) electrons. The van der Waals surface area contributed by atoms with Gasteiger partial charge in [0.15, 0.2) is 17.6 Å². The maximum absolute atomic E-state index is 13.2. The summed E-state index contributed by atoms with van der Waals surface area (Å²) in [5, 5.41) is 12.2. The molecule has 38 heavy (non-hydrogen) atoms. The number of thioether (sulfide) groups is 1. The number of benzene rings is 3. The molecule has 0 fully saturated rings. The van der Waals surface area contributed by atoms with Crippen molar-refractivity contribution in [1.82, 2.24) is 20.1 Å². The largest absolute Gasteiger partial charge is 0.484 e. The standard InChI is InChI=1S/C29H29N5O3S/c1-21-9-7-12-23(17-21)34-26(18-30-27(35)19-37-24-13-3-2-4-14-24)31-32-29(34)38-20-28(36)33-16-8-11-22-10-5-6-15-25(22)33/h2-7,9-10,12-15,17H,8,11,16,18-20H2,1H3,(H,30,35). The topological polar surface area (TPSA) is 89.4 Å². The van der Waals surface area contributed by atoms with E-state index in [-0.39, 0.29) is 30.7 Å². The van der Waals surface area contributed by atoms with Gasteiger partial charge in [0, 0.05) is 17.9 Å². The van der Waals surface area contributed by atoms with Gasteiger partial charge in [0.05, 0.1) is 12.3 Å². The van der Waals surface area contributed by atoms with Gasteiger partial charge in [-0.05, 0) is 61.2 Å². The van der Waals surface area contributed by atoms with Crippen LogP contribution in [-0.4, -0.2) is 45.5 Å². The Labute approximate surface area is 226 Å². The van der Waals surface area contributed by atoms with Crippen LogP contribution in [-0.2, 0) is 22.6 Å². The molecule has 0 aliphatic carbocycles. The first-order valence-electron chi connectivity index (χ1n) is 12.6. The molecule has 0 bridgehead atoms. The molecule has 3 aromatic carbocycles. The van der Waals surface area contributed by atoms with Gasteiger partial charge in [0.2, 0.25) is 5.91 Å². The molecule has 0 spiro atoms. The van der Waals surface area contributed by atoms with Crippen LogP contribution >= 0.6 is 11.8 Å². The van der Waals surface area contributed by atoms with E-state index in [1.807, 2.05) is 77.1 Å². The van der Waals surface area contributed by atoms with E-state index in [0.29, 0.717) is 23.3 Å². The van der Waals surface area contributed by atoms with Gasteiger partial charge < -0.3 is 15.0 Å². The second-order valence-electron chi connectivity index (χ2n) is 9.02. The highest BCUT2D eigenvalue weighted by atomic mass is 32.2. The minimum atomic E-state index is -0.263. The number of para-hydroxylation sites is 2. The van der Waals surface area contributed by atoms with Crippen molar-refractivity contribution in [2.24, 2.45) is 0 Å². The Morgan fingerprint density at radius 1 is 1.00 bits per heavy atom. The highest BCUT2D eigenvalue weighted by Gasteiger charge is 2.23. The molecular weight excluding hydrogens is 498 g/mol. The molecule has 1 aliphatic heterocycles. The number of anilines is 1. The summed E-state index contributed by atoms with van der Waals surface area (Å²) in [6, 6.07) is 25.2. The van der Waals surface area contributed by atoms with E-state index in [9.17, 15) is 9.59 Å². The number of aryl methyl sites for hydroxylation is 2. The van der Waals surface area contributed by atoms with Crippen LogP contribution in [0.4, 0.5) is 5.69 Å². The van der Waals surface area contributed by atoms with Gasteiger partial charge >= 0.3 is 0 Å². The lowest BCUT2D eigenvalue weighted by molar-refractivity contribution is -0.123. The summed E-state index contributed by atoms with van der Waals surface area (Å²) < 4.78 is 7.43. The molecule has 0 atom stereocenters. The lowest BCUT2D eigenvalue weighted by Gasteiger charge is -2.29. The van der Waals surface area contributed by atoms with Crippen molar-refractivity contribution in [2.75, 3.05) is 23.8 Å². The third kappa shape index (κ3) is 6.06. The lowest BCUT2D eigenvalue weighted by atomic mass is 10.0. The Bertz CT molecular complexity index is 1420. The first-order chi connectivity index (χ1) is 18.6. The number of nitrogens with zero attached hydrogens (tertiary/aromatic N) is 4. The molecule has 0 saturated carbocycles. The monoisotopic (exact) mass is 527 g/mol. The molecule has 4 aromatic rings. The van der Waals surface area contributed by atoms with Crippen molar-refractivity contribution in [3.05, 3.63) is 95.8 Å². The SMILES string of the molecule is Cc1cccc(-n2c(CNC(=O)COc3ccccc3)nnc2SCC(=O)N2CCCc3ccccc32)c1. The van der Waals surface area contributed by atoms with Crippen LogP contribution in [0, 0.1) is 6.92 Å². The Kier molecular flexibility index (Phi) is 8.04. The van der Waals surface area contributed by atoms with E-state index in [0.717, 1.165) is 29.8 Å². The van der Waals surface area contributed by atoms with Crippen LogP contribution in [0.3, 0.4) is 0 Å².